The summed E-state index contributed by atoms with van der Waals surface area (Å²) in [6.07, 6.45) is 20.8. The van der Waals surface area contributed by atoms with E-state index in [9.17, 15) is 55.9 Å². The fraction of sp³-hybridized carbons (Fsp3) is 0.408. The second-order valence-corrected chi connectivity index (χ2v) is 38.2. The van der Waals surface area contributed by atoms with E-state index in [1.54, 1.807) is 0 Å². The van der Waals surface area contributed by atoms with Crippen molar-refractivity contribution in [2.24, 2.45) is 45.8 Å². The average Bonchev–Trinajstić information content (AvgIpc) is 1.49. The highest BCUT2D eigenvalue weighted by Gasteiger charge is 2.78. The van der Waals surface area contributed by atoms with Gasteiger partial charge in [0.1, 0.15) is 5.60 Å². The molecular formula is C98H104B4F4N8O16. The van der Waals surface area contributed by atoms with Gasteiger partial charge in [-0.15, -0.1) is 0 Å². The summed E-state index contributed by atoms with van der Waals surface area (Å²) in [7, 11) is -1.84. The predicted molar refractivity (Wildman–Crippen MR) is 485 cm³/mol. The van der Waals surface area contributed by atoms with Gasteiger partial charge in [0.25, 0.3) is 22.2 Å². The Bertz CT molecular complexity index is 6370. The van der Waals surface area contributed by atoms with Crippen LogP contribution in [0.1, 0.15) is 183 Å². The predicted octanol–water partition coefficient (Wildman–Crippen LogP) is 11.2. The molecule has 7 aromatic carbocycles. The number of H-pyrrole nitrogens is 4. The van der Waals surface area contributed by atoms with Crippen molar-refractivity contribution in [3.05, 3.63) is 358 Å². The van der Waals surface area contributed by atoms with Gasteiger partial charge in [-0.05, 0) is 160 Å². The highest BCUT2D eigenvalue weighted by molar-refractivity contribution is 6.63. The summed E-state index contributed by atoms with van der Waals surface area (Å²) in [6.45, 7) is 14.5. The maximum absolute atomic E-state index is 13.6. The summed E-state index contributed by atoms with van der Waals surface area (Å²) in [5.41, 5.74) is 3.09. The second-order valence-electron chi connectivity index (χ2n) is 38.2. The highest BCUT2D eigenvalue weighted by Crippen LogP contribution is 2.75. The van der Waals surface area contributed by atoms with E-state index in [-0.39, 0.29) is 86.4 Å². The van der Waals surface area contributed by atoms with Gasteiger partial charge in [0.2, 0.25) is 23.3 Å². The van der Waals surface area contributed by atoms with E-state index < -0.39 is 95.2 Å². The summed E-state index contributed by atoms with van der Waals surface area (Å²) in [5.74, 6) is -1.23. The van der Waals surface area contributed by atoms with Crippen molar-refractivity contribution in [1.29, 1.82) is 0 Å². The Kier molecular flexibility index (Phi) is 25.2. The van der Waals surface area contributed by atoms with Gasteiger partial charge < -0.3 is 37.2 Å². The summed E-state index contributed by atoms with van der Waals surface area (Å²) in [4.78, 5) is 101. The van der Waals surface area contributed by atoms with Crippen LogP contribution in [-0.2, 0) is 69.0 Å². The van der Waals surface area contributed by atoms with Crippen molar-refractivity contribution in [2.75, 3.05) is 0 Å². The number of fused-ring (bicyclic) bond motifs is 5. The van der Waals surface area contributed by atoms with E-state index in [1.165, 1.54) is 76.2 Å². The molecule has 0 amide bonds. The first-order chi connectivity index (χ1) is 62.5. The zero-order valence-corrected chi connectivity index (χ0v) is 73.4. The van der Waals surface area contributed by atoms with Gasteiger partial charge in [0, 0.05) is 5.41 Å². The summed E-state index contributed by atoms with van der Waals surface area (Å²) < 4.78 is 111. The van der Waals surface area contributed by atoms with Crippen molar-refractivity contribution in [1.82, 2.24) is 38.2 Å². The Morgan fingerprint density at radius 3 is 1.08 bits per heavy atom. The van der Waals surface area contributed by atoms with Crippen LogP contribution in [0.3, 0.4) is 0 Å². The average molecular weight is 1770 g/mol. The molecule has 7 aliphatic carbocycles. The number of halogens is 4. The van der Waals surface area contributed by atoms with E-state index in [4.69, 9.17) is 37.2 Å². The van der Waals surface area contributed by atoms with Crippen LogP contribution in [0.25, 0.3) is 0 Å². The lowest BCUT2D eigenvalue weighted by Crippen LogP contribution is -2.65. The maximum Gasteiger partial charge on any atom is 0.494 e. The fourth-order valence-electron chi connectivity index (χ4n) is 22.4. The largest absolute Gasteiger partial charge is 0.494 e. The van der Waals surface area contributed by atoms with Gasteiger partial charge in [0.15, 0.2) is 0 Å². The fourth-order valence-corrected chi connectivity index (χ4v) is 22.4. The number of aromatic amines is 4. The smallest absolute Gasteiger partial charge is 0.402 e. The molecule has 4 aromatic heterocycles. The minimum Gasteiger partial charge on any atom is -0.402 e. The van der Waals surface area contributed by atoms with Crippen LogP contribution in [0.2, 0.25) is 0 Å². The second kappa shape index (κ2) is 36.6. The molecule has 11 fully saturated rings. The van der Waals surface area contributed by atoms with Crippen LogP contribution >= 0.6 is 0 Å². The molecule has 672 valence electrons. The molecule has 7 saturated carbocycles. The number of hydrogen-bond acceptors (Lipinski definition) is 16. The molecule has 0 radical (unpaired) electrons. The first-order valence-electron chi connectivity index (χ1n) is 45.3. The molecule has 32 heteroatoms. The van der Waals surface area contributed by atoms with Crippen molar-refractivity contribution in [3.63, 3.8) is 0 Å². The van der Waals surface area contributed by atoms with Gasteiger partial charge in [-0.2, -0.15) is 17.6 Å². The quantitative estimate of drug-likeness (QED) is 0.0487. The van der Waals surface area contributed by atoms with Gasteiger partial charge >= 0.3 is 51.2 Å². The van der Waals surface area contributed by atoms with Crippen molar-refractivity contribution < 1.29 is 54.8 Å². The molecule has 22 rings (SSSR count). The Balaban J connectivity index is 0.000000117. The normalized spacial score (nSPS) is 26.2. The van der Waals surface area contributed by atoms with Crippen LogP contribution in [0.4, 0.5) is 17.6 Å². The van der Waals surface area contributed by atoms with Gasteiger partial charge in [-0.1, -0.05) is 261 Å². The molecule has 8 heterocycles. The van der Waals surface area contributed by atoms with Crippen molar-refractivity contribution in [3.8, 4) is 0 Å². The molecule has 4 bridgehead atoms. The molecule has 11 aromatic rings. The van der Waals surface area contributed by atoms with Crippen LogP contribution in [-0.4, -0.2) is 96.7 Å². The van der Waals surface area contributed by atoms with E-state index >= 15 is 0 Å². The number of benzene rings is 7. The summed E-state index contributed by atoms with van der Waals surface area (Å²) in [6, 6.07) is 60.7. The van der Waals surface area contributed by atoms with E-state index in [1.807, 2.05) is 184 Å². The van der Waals surface area contributed by atoms with Gasteiger partial charge in [0.05, 0.1) is 93.2 Å². The first-order valence-corrected chi connectivity index (χ1v) is 45.3. The zero-order valence-electron chi connectivity index (χ0n) is 73.4. The minimum absolute atomic E-state index is 0.00232. The minimum atomic E-state index is -1.02. The molecular weight excluding hydrogens is 1660 g/mol. The molecule has 4 aliphatic heterocycles. The highest BCUT2D eigenvalue weighted by atomic mass is 19.1. The van der Waals surface area contributed by atoms with Crippen LogP contribution in [0, 0.1) is 69.1 Å². The molecule has 130 heavy (non-hydrogen) atoms. The van der Waals surface area contributed by atoms with E-state index in [0.717, 1.165) is 118 Å². The van der Waals surface area contributed by atoms with E-state index in [2.05, 4.69) is 65.8 Å². The summed E-state index contributed by atoms with van der Waals surface area (Å²) >= 11 is 0. The molecule has 12 unspecified atom stereocenters. The van der Waals surface area contributed by atoms with E-state index in [0.29, 0.717) is 35.0 Å². The van der Waals surface area contributed by atoms with Crippen LogP contribution in [0.5, 0.6) is 0 Å². The Morgan fingerprint density at radius 2 is 0.715 bits per heavy atom. The molecule has 0 spiro atoms. The number of aromatic nitrogens is 8. The summed E-state index contributed by atoms with van der Waals surface area (Å²) in [5, 5.41) is 0. The molecule has 12 atom stereocenters. The molecule has 4 N–H and O–H groups in total. The standard InChI is InChI=1S/C27H28BFN2O4.C25H32BFN2O4.C25H20BFN2O4.C21H24BFN2O4/c1-25(2)21-13-14-26(25,3)23-27(21,18-7-5-4-6-8-18)35-28(34-23)19-11-9-17(10-12-19)15-31-16-20(29)22(32)30-24(31)33;2*27-21-16-29(25(31)28-24(21)30)15-17-11-13-20(14-12-17)26-32-22(18-7-3-1-4-8-18)23(33-26)19-9-5-2-6-10-19;1-20(2)13-8-16(20)21(3)17(9-13)28-22(29-21)14-6-4-12(5-7-14)10-25-11-15(23)18(26)24-19(25)27/h4-12,16,21,23H,13-15H2,1-3H3,(H,30,32,33);11-14,16,18-19,22-23H,1-10,15H2,(H,28,30,31);1-14,16,22-23H,15H2,(H,28,30,31);4-7,11,13,16-17H,8-10H2,1-3H3,(H,24,26,27). The van der Waals surface area contributed by atoms with Crippen LogP contribution in [0.15, 0.2) is 251 Å². The molecule has 4 saturated heterocycles. The number of nitrogens with one attached hydrogen (secondary N) is 4. The number of rotatable bonds is 17. The first kappa shape index (κ1) is 89.5. The lowest BCUT2D eigenvalue weighted by atomic mass is 9.43. The van der Waals surface area contributed by atoms with Gasteiger partial charge in [-0.3, -0.25) is 57.4 Å². The van der Waals surface area contributed by atoms with Gasteiger partial charge in [-0.25, -0.2) is 19.2 Å². The van der Waals surface area contributed by atoms with Crippen molar-refractivity contribution in [2.45, 2.75) is 205 Å². The Labute approximate surface area is 749 Å². The molecule has 11 aliphatic rings. The monoisotopic (exact) mass is 1770 g/mol. The number of nitrogens with zero attached hydrogens (tertiary/aromatic N) is 4. The molecule has 24 nitrogen and oxygen atoms in total. The Hall–Kier alpha value is -11.1. The van der Waals surface area contributed by atoms with Crippen molar-refractivity contribution >= 4 is 50.3 Å². The third kappa shape index (κ3) is 17.5. The Morgan fingerprint density at radius 1 is 0.369 bits per heavy atom. The van der Waals surface area contributed by atoms with Crippen LogP contribution < -0.4 is 66.8 Å². The lowest BCUT2D eigenvalue weighted by Gasteiger charge is -2.64. The lowest BCUT2D eigenvalue weighted by molar-refractivity contribution is -0.199. The maximum atomic E-state index is 13.6. The zero-order chi connectivity index (χ0) is 90.7. The third-order valence-corrected chi connectivity index (χ3v) is 30.0. The SMILES string of the molecule is CC1(C)C2CC3OB(c4ccc(Cn5cc(F)c(=O)[nH]c5=O)cc4)OC3(C)C1C2.CC1(C)C2CCC1(C)C1OB(c3ccc(Cn4cc(F)c(=O)[nH]c4=O)cc3)OC21c1ccccc1.O=c1[nH]c(=O)n(Cc2ccc(B3OC(C4CCCCC4)C(C4CCCCC4)O3)cc2)cc1F.O=c1[nH]c(=O)n(Cc2ccc(B3OC(c4ccccc4)C(c4ccccc4)O3)cc2)cc1F. The topological polar surface area (TPSA) is 293 Å². The third-order valence-electron chi connectivity index (χ3n) is 30.0. The number of hydrogen-bond donors (Lipinski definition) is 4.